The minimum Gasteiger partial charge on any atom is -0.343 e. The van der Waals surface area contributed by atoms with E-state index in [2.05, 4.69) is 9.97 Å². The van der Waals surface area contributed by atoms with Crippen LogP contribution in [0.15, 0.2) is 30.5 Å². The van der Waals surface area contributed by atoms with E-state index in [1.165, 1.54) is 0 Å². The number of hydrogen-bond acceptors (Lipinski definition) is 2. The molecule has 1 N–H and O–H groups in total. The van der Waals surface area contributed by atoms with Gasteiger partial charge in [0.25, 0.3) is 0 Å². The second-order valence-corrected chi connectivity index (χ2v) is 3.93. The number of nitrogens with zero attached hydrogens (tertiary/aromatic N) is 2. The van der Waals surface area contributed by atoms with Gasteiger partial charge in [0.15, 0.2) is 0 Å². The maximum Gasteiger partial charge on any atom is 0.205 e. The first kappa shape index (κ1) is 8.61. The molecular weight excluding hydrogens is 206 g/mol. The van der Waals surface area contributed by atoms with Gasteiger partial charge < -0.3 is 4.98 Å². The third kappa shape index (κ3) is 1.18. The van der Waals surface area contributed by atoms with Gasteiger partial charge in [-0.15, -0.1) is 0 Å². The zero-order valence-corrected chi connectivity index (χ0v) is 9.01. The minimum atomic E-state index is 0.591. The van der Waals surface area contributed by atoms with Gasteiger partial charge in [-0.05, 0) is 31.3 Å². The lowest BCUT2D eigenvalue weighted by Gasteiger charge is -1.99. The lowest BCUT2D eigenvalue weighted by Crippen LogP contribution is -1.91. The van der Waals surface area contributed by atoms with Crippen molar-refractivity contribution in [3.8, 4) is 0 Å². The van der Waals surface area contributed by atoms with Gasteiger partial charge in [0.2, 0.25) is 4.77 Å². The van der Waals surface area contributed by atoms with Crippen LogP contribution in [0.25, 0.3) is 16.6 Å². The van der Waals surface area contributed by atoms with Gasteiger partial charge in [0, 0.05) is 17.3 Å². The zero-order valence-electron chi connectivity index (χ0n) is 8.19. The topological polar surface area (TPSA) is 33.1 Å². The highest BCUT2D eigenvalue weighted by Gasteiger charge is 2.03. The molecule has 0 spiro atoms. The summed E-state index contributed by atoms with van der Waals surface area (Å²) >= 11 is 5.23. The summed E-state index contributed by atoms with van der Waals surface area (Å²) in [6.07, 6.45) is 1.97. The molecular formula is C11H9N3S. The molecule has 74 valence electrons. The maximum absolute atomic E-state index is 5.23. The van der Waals surface area contributed by atoms with Crippen molar-refractivity contribution in [3.05, 3.63) is 40.9 Å². The molecule has 15 heavy (non-hydrogen) atoms. The molecule has 0 aliphatic heterocycles. The normalized spacial score (nSPS) is 11.3. The van der Waals surface area contributed by atoms with Gasteiger partial charge in [0.05, 0.1) is 5.52 Å². The summed E-state index contributed by atoms with van der Waals surface area (Å²) in [5, 5.41) is 1.10. The Kier molecular flexibility index (Phi) is 1.67. The van der Waals surface area contributed by atoms with Crippen LogP contribution in [0.5, 0.6) is 0 Å². The van der Waals surface area contributed by atoms with Crippen molar-refractivity contribution in [1.82, 2.24) is 14.4 Å². The third-order valence-electron chi connectivity index (χ3n) is 2.46. The molecule has 0 aliphatic carbocycles. The van der Waals surface area contributed by atoms with Crippen molar-refractivity contribution >= 4 is 28.8 Å². The molecule has 2 heterocycles. The fraction of sp³-hybridized carbons (Fsp3) is 0.0909. The highest BCUT2D eigenvalue weighted by atomic mass is 32.1. The maximum atomic E-state index is 5.23. The lowest BCUT2D eigenvalue weighted by molar-refractivity contribution is 1.09. The van der Waals surface area contributed by atoms with Crippen LogP contribution in [0.4, 0.5) is 0 Å². The Balaban J connectivity index is 2.69. The standard InChI is InChI=1S/C11H9N3S/c1-7-6-14-10(12-7)8-4-2-3-5-9(8)13-11(14)15/h2-6,12H,1H3. The predicted octanol–water partition coefficient (Wildman–Crippen LogP) is 2.85. The van der Waals surface area contributed by atoms with E-state index >= 15 is 0 Å². The van der Waals surface area contributed by atoms with Crippen molar-refractivity contribution < 1.29 is 0 Å². The molecule has 0 fully saturated rings. The quantitative estimate of drug-likeness (QED) is 0.585. The molecule has 0 aliphatic rings. The SMILES string of the molecule is Cc1cn2c(=S)nc3ccccc3c2[nH]1. The van der Waals surface area contributed by atoms with Crippen LogP contribution in [-0.4, -0.2) is 14.4 Å². The first-order valence-corrected chi connectivity index (χ1v) is 5.13. The van der Waals surface area contributed by atoms with E-state index in [1.54, 1.807) is 0 Å². The molecule has 3 aromatic rings. The van der Waals surface area contributed by atoms with E-state index in [1.807, 2.05) is 41.8 Å². The van der Waals surface area contributed by atoms with Gasteiger partial charge in [-0.2, -0.15) is 0 Å². The fourth-order valence-corrected chi connectivity index (χ4v) is 2.06. The molecule has 4 heteroatoms. The summed E-state index contributed by atoms with van der Waals surface area (Å²) in [5.41, 5.74) is 3.03. The number of aryl methyl sites for hydroxylation is 1. The van der Waals surface area contributed by atoms with Gasteiger partial charge in [0.1, 0.15) is 5.65 Å². The number of benzene rings is 1. The Morgan fingerprint density at radius 1 is 1.33 bits per heavy atom. The van der Waals surface area contributed by atoms with E-state index in [9.17, 15) is 0 Å². The molecule has 1 aromatic carbocycles. The summed E-state index contributed by atoms with van der Waals surface area (Å²) in [4.78, 5) is 7.67. The average Bonchev–Trinajstić information content (AvgIpc) is 2.61. The molecule has 0 saturated heterocycles. The Morgan fingerprint density at radius 3 is 3.00 bits per heavy atom. The summed E-state index contributed by atoms with van der Waals surface area (Å²) in [6.45, 7) is 2.01. The number of hydrogen-bond donors (Lipinski definition) is 1. The van der Waals surface area contributed by atoms with Crippen molar-refractivity contribution in [2.24, 2.45) is 0 Å². The number of aromatic nitrogens is 3. The van der Waals surface area contributed by atoms with E-state index in [0.29, 0.717) is 4.77 Å². The molecule has 3 rings (SSSR count). The van der Waals surface area contributed by atoms with E-state index < -0.39 is 0 Å². The second kappa shape index (κ2) is 2.90. The first-order chi connectivity index (χ1) is 7.25. The van der Waals surface area contributed by atoms with Crippen molar-refractivity contribution in [3.63, 3.8) is 0 Å². The summed E-state index contributed by atoms with van der Waals surface area (Å²) in [6, 6.07) is 7.99. The van der Waals surface area contributed by atoms with Gasteiger partial charge in [-0.3, -0.25) is 4.40 Å². The lowest BCUT2D eigenvalue weighted by atomic mass is 10.2. The largest absolute Gasteiger partial charge is 0.343 e. The van der Waals surface area contributed by atoms with Gasteiger partial charge >= 0.3 is 0 Å². The predicted molar refractivity (Wildman–Crippen MR) is 62.6 cm³/mol. The summed E-state index contributed by atoms with van der Waals surface area (Å²) < 4.78 is 2.50. The van der Waals surface area contributed by atoms with Crippen LogP contribution in [0.3, 0.4) is 0 Å². The number of aromatic amines is 1. The van der Waals surface area contributed by atoms with Crippen molar-refractivity contribution in [2.75, 3.05) is 0 Å². The Bertz CT molecular complexity index is 708. The van der Waals surface area contributed by atoms with Crippen molar-refractivity contribution in [1.29, 1.82) is 0 Å². The van der Waals surface area contributed by atoms with Gasteiger partial charge in [-0.1, -0.05) is 12.1 Å². The smallest absolute Gasteiger partial charge is 0.205 e. The molecule has 2 aromatic heterocycles. The van der Waals surface area contributed by atoms with Crippen molar-refractivity contribution in [2.45, 2.75) is 6.92 Å². The Labute approximate surface area is 91.4 Å². The van der Waals surface area contributed by atoms with Crippen LogP contribution in [0.1, 0.15) is 5.69 Å². The van der Waals surface area contributed by atoms with E-state index in [4.69, 9.17) is 12.2 Å². The number of imidazole rings is 1. The first-order valence-electron chi connectivity index (χ1n) is 4.72. The van der Waals surface area contributed by atoms with Crippen LogP contribution < -0.4 is 0 Å². The monoisotopic (exact) mass is 215 g/mol. The Hall–Kier alpha value is -1.68. The molecule has 0 saturated carbocycles. The second-order valence-electron chi connectivity index (χ2n) is 3.57. The van der Waals surface area contributed by atoms with Crippen LogP contribution in [0, 0.1) is 11.7 Å². The van der Waals surface area contributed by atoms with E-state index in [-0.39, 0.29) is 0 Å². The highest BCUT2D eigenvalue weighted by molar-refractivity contribution is 7.71. The number of para-hydroxylation sites is 1. The molecule has 0 bridgehead atoms. The minimum absolute atomic E-state index is 0.591. The van der Waals surface area contributed by atoms with Crippen LogP contribution in [-0.2, 0) is 0 Å². The van der Waals surface area contributed by atoms with Crippen LogP contribution in [0.2, 0.25) is 0 Å². The number of H-pyrrole nitrogens is 1. The zero-order chi connectivity index (χ0) is 10.4. The fourth-order valence-electron chi connectivity index (χ4n) is 1.81. The van der Waals surface area contributed by atoms with Gasteiger partial charge in [-0.25, -0.2) is 4.98 Å². The third-order valence-corrected chi connectivity index (χ3v) is 2.75. The Morgan fingerprint density at radius 2 is 2.13 bits per heavy atom. The number of rotatable bonds is 0. The van der Waals surface area contributed by atoms with E-state index in [0.717, 1.165) is 22.2 Å². The average molecular weight is 215 g/mol. The molecule has 0 unspecified atom stereocenters. The highest BCUT2D eigenvalue weighted by Crippen LogP contribution is 2.17. The van der Waals surface area contributed by atoms with Crippen LogP contribution >= 0.6 is 12.2 Å². The molecule has 0 amide bonds. The number of nitrogens with one attached hydrogen (secondary N) is 1. The summed E-state index contributed by atoms with van der Waals surface area (Å²) in [5.74, 6) is 0. The summed E-state index contributed by atoms with van der Waals surface area (Å²) in [7, 11) is 0. The molecule has 3 nitrogen and oxygen atoms in total. The molecule has 0 radical (unpaired) electrons. The number of fused-ring (bicyclic) bond motifs is 3. The molecule has 0 atom stereocenters.